The second-order valence-electron chi connectivity index (χ2n) is 7.15. The van der Waals surface area contributed by atoms with Crippen LogP contribution in [0.3, 0.4) is 0 Å². The molecule has 5 heteroatoms. The van der Waals surface area contributed by atoms with Gasteiger partial charge in [0, 0.05) is 14.0 Å². The van der Waals surface area contributed by atoms with E-state index in [1.807, 2.05) is 26.0 Å². The van der Waals surface area contributed by atoms with Crippen LogP contribution in [0.2, 0.25) is 0 Å². The lowest BCUT2D eigenvalue weighted by atomic mass is 9.97. The molecular formula is C20H30N2O3. The van der Waals surface area contributed by atoms with Gasteiger partial charge in [0.1, 0.15) is 18.4 Å². The van der Waals surface area contributed by atoms with Crippen LogP contribution in [0.25, 0.3) is 0 Å². The van der Waals surface area contributed by atoms with Gasteiger partial charge < -0.3 is 15.0 Å². The molecule has 0 bridgehead atoms. The third-order valence-corrected chi connectivity index (χ3v) is 4.76. The lowest BCUT2D eigenvalue weighted by Gasteiger charge is -2.28. The van der Waals surface area contributed by atoms with Gasteiger partial charge in [0.15, 0.2) is 0 Å². The number of rotatable bonds is 7. The van der Waals surface area contributed by atoms with E-state index in [1.165, 1.54) is 6.92 Å². The molecule has 1 N–H and O–H groups in total. The first kappa shape index (κ1) is 19.3. The Hall–Kier alpha value is -2.04. The third kappa shape index (κ3) is 5.76. The Morgan fingerprint density at radius 2 is 1.80 bits per heavy atom. The van der Waals surface area contributed by atoms with Crippen LogP contribution in [0, 0.1) is 19.8 Å². The van der Waals surface area contributed by atoms with Crippen molar-refractivity contribution in [3.05, 3.63) is 29.3 Å². The highest BCUT2D eigenvalue weighted by molar-refractivity contribution is 5.87. The van der Waals surface area contributed by atoms with Crippen LogP contribution in [0.5, 0.6) is 5.75 Å². The number of carbonyl (C=O) groups excluding carboxylic acids is 2. The minimum atomic E-state index is -0.411. The highest BCUT2D eigenvalue weighted by atomic mass is 16.5. The van der Waals surface area contributed by atoms with E-state index in [0.717, 1.165) is 42.6 Å². The van der Waals surface area contributed by atoms with Crippen LogP contribution in [0.4, 0.5) is 0 Å². The van der Waals surface area contributed by atoms with Gasteiger partial charge in [-0.05, 0) is 55.9 Å². The number of benzene rings is 1. The van der Waals surface area contributed by atoms with Gasteiger partial charge in [-0.1, -0.05) is 18.9 Å². The average molecular weight is 346 g/mol. The van der Waals surface area contributed by atoms with Gasteiger partial charge >= 0.3 is 0 Å². The van der Waals surface area contributed by atoms with Gasteiger partial charge in [-0.3, -0.25) is 9.59 Å². The molecule has 1 aliphatic carbocycles. The van der Waals surface area contributed by atoms with E-state index in [9.17, 15) is 9.59 Å². The van der Waals surface area contributed by atoms with Crippen LogP contribution in [0.1, 0.15) is 43.7 Å². The van der Waals surface area contributed by atoms with Crippen molar-refractivity contribution in [1.29, 1.82) is 0 Å². The predicted molar refractivity (Wildman–Crippen MR) is 98.6 cm³/mol. The second-order valence-corrected chi connectivity index (χ2v) is 7.15. The van der Waals surface area contributed by atoms with Gasteiger partial charge in [0.2, 0.25) is 11.8 Å². The van der Waals surface area contributed by atoms with E-state index in [4.69, 9.17) is 4.74 Å². The lowest BCUT2D eigenvalue weighted by molar-refractivity contribution is -0.136. The lowest BCUT2D eigenvalue weighted by Crippen LogP contribution is -2.51. The minimum absolute atomic E-state index is 0.0221. The Balaban J connectivity index is 1.89. The van der Waals surface area contributed by atoms with Crippen molar-refractivity contribution < 1.29 is 14.3 Å². The molecule has 0 radical (unpaired) electrons. The molecule has 1 aromatic carbocycles. The highest BCUT2D eigenvalue weighted by Crippen LogP contribution is 2.28. The Kier molecular flexibility index (Phi) is 6.85. The molecule has 0 spiro atoms. The molecule has 2 amide bonds. The monoisotopic (exact) mass is 346 g/mol. The summed E-state index contributed by atoms with van der Waals surface area (Å²) in [6.07, 6.45) is 4.27. The van der Waals surface area contributed by atoms with E-state index >= 15 is 0 Å². The molecular weight excluding hydrogens is 316 g/mol. The fraction of sp³-hybridized carbons (Fsp3) is 0.600. The van der Waals surface area contributed by atoms with E-state index in [1.54, 1.807) is 11.9 Å². The maximum atomic E-state index is 12.8. The number of ether oxygens (including phenoxy) is 1. The van der Waals surface area contributed by atoms with Crippen molar-refractivity contribution in [3.8, 4) is 5.75 Å². The SMILES string of the molecule is CC(=O)NC(C(=O)N(C)CCOc1cc(C)cc(C)c1)C1CCCC1. The van der Waals surface area contributed by atoms with Crippen LogP contribution in [0.15, 0.2) is 18.2 Å². The molecule has 5 nitrogen and oxygen atoms in total. The van der Waals surface area contributed by atoms with Crippen molar-refractivity contribution >= 4 is 11.8 Å². The molecule has 1 atom stereocenters. The first-order chi connectivity index (χ1) is 11.9. The molecule has 1 aromatic rings. The number of likely N-dealkylation sites (N-methyl/N-ethyl adjacent to an activating group) is 1. The number of aryl methyl sites for hydroxylation is 2. The summed E-state index contributed by atoms with van der Waals surface area (Å²) in [4.78, 5) is 25.9. The molecule has 1 unspecified atom stereocenters. The smallest absolute Gasteiger partial charge is 0.245 e. The Bertz CT molecular complexity index is 589. The third-order valence-electron chi connectivity index (χ3n) is 4.76. The fourth-order valence-electron chi connectivity index (χ4n) is 3.56. The van der Waals surface area contributed by atoms with E-state index in [2.05, 4.69) is 11.4 Å². The van der Waals surface area contributed by atoms with Gasteiger partial charge in [-0.2, -0.15) is 0 Å². The van der Waals surface area contributed by atoms with Crippen molar-refractivity contribution in [2.45, 2.75) is 52.5 Å². The number of hydrogen-bond acceptors (Lipinski definition) is 3. The quantitative estimate of drug-likeness (QED) is 0.826. The summed E-state index contributed by atoms with van der Waals surface area (Å²) in [7, 11) is 1.77. The predicted octanol–water partition coefficient (Wildman–Crippen LogP) is 2.84. The van der Waals surface area contributed by atoms with Gasteiger partial charge in [0.25, 0.3) is 0 Å². The first-order valence-electron chi connectivity index (χ1n) is 9.10. The molecule has 138 valence electrons. The van der Waals surface area contributed by atoms with Crippen LogP contribution >= 0.6 is 0 Å². The second kappa shape index (κ2) is 8.88. The summed E-state index contributed by atoms with van der Waals surface area (Å²) in [5.74, 6) is 0.906. The summed E-state index contributed by atoms with van der Waals surface area (Å²) in [6, 6.07) is 5.68. The molecule has 1 aliphatic rings. The molecule has 0 aromatic heterocycles. The van der Waals surface area contributed by atoms with Crippen LogP contribution in [-0.2, 0) is 9.59 Å². The number of nitrogens with one attached hydrogen (secondary N) is 1. The van der Waals surface area contributed by atoms with Crippen LogP contribution < -0.4 is 10.1 Å². The summed E-state index contributed by atoms with van der Waals surface area (Å²) in [5, 5.41) is 2.85. The average Bonchev–Trinajstić information content (AvgIpc) is 3.04. The van der Waals surface area contributed by atoms with Gasteiger partial charge in [-0.15, -0.1) is 0 Å². The summed E-state index contributed by atoms with van der Waals surface area (Å²) in [5.41, 5.74) is 2.32. The molecule has 1 fully saturated rings. The maximum absolute atomic E-state index is 12.8. The standard InChI is InChI=1S/C20H30N2O3/c1-14-11-15(2)13-18(12-14)25-10-9-22(4)20(24)19(21-16(3)23)17-7-5-6-8-17/h11-13,17,19H,5-10H2,1-4H3,(H,21,23). The van der Waals surface area contributed by atoms with Crippen molar-refractivity contribution in [3.63, 3.8) is 0 Å². The highest BCUT2D eigenvalue weighted by Gasteiger charge is 2.32. The summed E-state index contributed by atoms with van der Waals surface area (Å²) in [6.45, 7) is 6.47. The van der Waals surface area contributed by atoms with Crippen LogP contribution in [-0.4, -0.2) is 43.0 Å². The molecule has 0 saturated heterocycles. The zero-order valence-electron chi connectivity index (χ0n) is 15.8. The number of hydrogen-bond donors (Lipinski definition) is 1. The minimum Gasteiger partial charge on any atom is -0.492 e. The molecule has 0 aliphatic heterocycles. The van der Waals surface area contributed by atoms with Gasteiger partial charge in [-0.25, -0.2) is 0 Å². The first-order valence-corrected chi connectivity index (χ1v) is 9.10. The molecule has 1 saturated carbocycles. The molecule has 2 rings (SSSR count). The zero-order chi connectivity index (χ0) is 18.4. The Morgan fingerprint density at radius 1 is 1.20 bits per heavy atom. The Morgan fingerprint density at radius 3 is 2.36 bits per heavy atom. The largest absolute Gasteiger partial charge is 0.492 e. The summed E-state index contributed by atoms with van der Waals surface area (Å²) < 4.78 is 5.79. The fourth-order valence-corrected chi connectivity index (χ4v) is 3.56. The van der Waals surface area contributed by atoms with Crippen molar-refractivity contribution in [2.75, 3.05) is 20.2 Å². The Labute approximate surface area is 150 Å². The maximum Gasteiger partial charge on any atom is 0.245 e. The molecule has 0 heterocycles. The normalized spacial score (nSPS) is 15.7. The number of carbonyl (C=O) groups is 2. The van der Waals surface area contributed by atoms with E-state index in [-0.39, 0.29) is 17.7 Å². The van der Waals surface area contributed by atoms with Crippen molar-refractivity contribution in [2.24, 2.45) is 5.92 Å². The van der Waals surface area contributed by atoms with E-state index < -0.39 is 6.04 Å². The van der Waals surface area contributed by atoms with E-state index in [0.29, 0.717) is 13.2 Å². The van der Waals surface area contributed by atoms with Crippen molar-refractivity contribution in [1.82, 2.24) is 10.2 Å². The number of amides is 2. The molecule has 25 heavy (non-hydrogen) atoms. The zero-order valence-corrected chi connectivity index (χ0v) is 15.8. The topological polar surface area (TPSA) is 58.6 Å². The van der Waals surface area contributed by atoms with Gasteiger partial charge in [0.05, 0.1) is 6.54 Å². The summed E-state index contributed by atoms with van der Waals surface area (Å²) >= 11 is 0. The number of nitrogens with zero attached hydrogens (tertiary/aromatic N) is 1.